The first-order valence-electron chi connectivity index (χ1n) is 6.65. The van der Waals surface area contributed by atoms with Gasteiger partial charge in [0.15, 0.2) is 0 Å². The molecular formula is C15H10FN5O. The molecule has 22 heavy (non-hydrogen) atoms. The highest BCUT2D eigenvalue weighted by Gasteiger charge is 2.12. The quantitative estimate of drug-likeness (QED) is 0.580. The van der Waals surface area contributed by atoms with Crippen molar-refractivity contribution in [1.29, 1.82) is 0 Å². The molecule has 0 aliphatic carbocycles. The Kier molecular flexibility index (Phi) is 2.89. The summed E-state index contributed by atoms with van der Waals surface area (Å²) >= 11 is 0. The molecule has 0 aliphatic rings. The Hall–Kier alpha value is -3.09. The second kappa shape index (κ2) is 5.03. The standard InChI is InChI=1S/C15H10FN5O/c16-11-5-3-4-10(8-11)9-22-15-14-18-19-20-21(14)13-7-2-1-6-12(13)17-15/h1-8H,9H2. The molecule has 0 atom stereocenters. The van der Waals surface area contributed by atoms with Crippen molar-refractivity contribution in [3.8, 4) is 5.88 Å². The summed E-state index contributed by atoms with van der Waals surface area (Å²) in [5.74, 6) is 0.00910. The molecule has 6 nitrogen and oxygen atoms in total. The van der Waals surface area contributed by atoms with Gasteiger partial charge >= 0.3 is 0 Å². The van der Waals surface area contributed by atoms with Crippen LogP contribution in [0.25, 0.3) is 16.7 Å². The fourth-order valence-corrected chi connectivity index (χ4v) is 2.26. The predicted molar refractivity (Wildman–Crippen MR) is 76.8 cm³/mol. The van der Waals surface area contributed by atoms with E-state index in [1.165, 1.54) is 12.1 Å². The van der Waals surface area contributed by atoms with Crippen LogP contribution in [0.4, 0.5) is 4.39 Å². The number of rotatable bonds is 3. The van der Waals surface area contributed by atoms with Gasteiger partial charge in [0.2, 0.25) is 5.65 Å². The number of aromatic nitrogens is 5. The molecule has 0 unspecified atom stereocenters. The van der Waals surface area contributed by atoms with Crippen LogP contribution in [0.3, 0.4) is 0 Å². The average Bonchev–Trinajstić information content (AvgIpc) is 3.03. The molecule has 0 saturated carbocycles. The van der Waals surface area contributed by atoms with Crippen LogP contribution >= 0.6 is 0 Å². The van der Waals surface area contributed by atoms with Gasteiger partial charge in [-0.3, -0.25) is 0 Å². The van der Waals surface area contributed by atoms with Crippen LogP contribution < -0.4 is 4.74 Å². The van der Waals surface area contributed by atoms with E-state index in [4.69, 9.17) is 4.74 Å². The van der Waals surface area contributed by atoms with Crippen LogP contribution in [0.15, 0.2) is 48.5 Å². The smallest absolute Gasteiger partial charge is 0.262 e. The minimum atomic E-state index is -0.304. The fraction of sp³-hybridized carbons (Fsp3) is 0.0667. The lowest BCUT2D eigenvalue weighted by Crippen LogP contribution is -2.02. The van der Waals surface area contributed by atoms with Gasteiger partial charge < -0.3 is 4.74 Å². The van der Waals surface area contributed by atoms with Gasteiger partial charge in [-0.25, -0.2) is 9.37 Å². The summed E-state index contributed by atoms with van der Waals surface area (Å²) in [5.41, 5.74) is 2.65. The van der Waals surface area contributed by atoms with Crippen molar-refractivity contribution >= 4 is 16.7 Å². The van der Waals surface area contributed by atoms with Crippen molar-refractivity contribution in [3.05, 3.63) is 59.9 Å². The Morgan fingerprint density at radius 3 is 2.91 bits per heavy atom. The van der Waals surface area contributed by atoms with Gasteiger partial charge in [0.1, 0.15) is 12.4 Å². The molecule has 0 aliphatic heterocycles. The van der Waals surface area contributed by atoms with Gasteiger partial charge in [0, 0.05) is 0 Å². The Morgan fingerprint density at radius 1 is 1.09 bits per heavy atom. The van der Waals surface area contributed by atoms with Crippen molar-refractivity contribution in [2.24, 2.45) is 0 Å². The first-order valence-corrected chi connectivity index (χ1v) is 6.65. The third kappa shape index (κ3) is 2.12. The third-order valence-corrected chi connectivity index (χ3v) is 3.26. The minimum absolute atomic E-state index is 0.186. The van der Waals surface area contributed by atoms with Crippen molar-refractivity contribution in [2.45, 2.75) is 6.61 Å². The maximum absolute atomic E-state index is 13.2. The topological polar surface area (TPSA) is 65.2 Å². The number of para-hydroxylation sites is 2. The first-order chi connectivity index (χ1) is 10.8. The number of hydrogen-bond acceptors (Lipinski definition) is 5. The first kappa shape index (κ1) is 12.6. The SMILES string of the molecule is Fc1cccc(COc2nc3ccccc3n3nnnc23)c1. The zero-order valence-corrected chi connectivity index (χ0v) is 11.3. The maximum atomic E-state index is 13.2. The molecule has 2 heterocycles. The van der Waals surface area contributed by atoms with Crippen molar-refractivity contribution in [3.63, 3.8) is 0 Å². The number of ether oxygens (including phenoxy) is 1. The Bertz CT molecular complexity index is 968. The van der Waals surface area contributed by atoms with Gasteiger partial charge in [-0.1, -0.05) is 24.3 Å². The van der Waals surface area contributed by atoms with Gasteiger partial charge in [0.25, 0.3) is 5.88 Å². The molecule has 2 aromatic heterocycles. The van der Waals surface area contributed by atoms with Crippen LogP contribution in [0.1, 0.15) is 5.56 Å². The molecule has 0 radical (unpaired) electrons. The van der Waals surface area contributed by atoms with E-state index in [2.05, 4.69) is 20.5 Å². The van der Waals surface area contributed by atoms with Crippen LogP contribution in [0.2, 0.25) is 0 Å². The summed E-state index contributed by atoms with van der Waals surface area (Å²) in [6, 6.07) is 13.7. The van der Waals surface area contributed by atoms with E-state index in [1.807, 2.05) is 24.3 Å². The average molecular weight is 295 g/mol. The van der Waals surface area contributed by atoms with Crippen molar-refractivity contribution in [2.75, 3.05) is 0 Å². The lowest BCUT2D eigenvalue weighted by molar-refractivity contribution is 0.296. The van der Waals surface area contributed by atoms with Crippen LogP contribution in [0, 0.1) is 5.82 Å². The monoisotopic (exact) mass is 295 g/mol. The molecule has 7 heteroatoms. The highest BCUT2D eigenvalue weighted by molar-refractivity contribution is 5.78. The fourth-order valence-electron chi connectivity index (χ4n) is 2.26. The minimum Gasteiger partial charge on any atom is -0.470 e. The van der Waals surface area contributed by atoms with E-state index < -0.39 is 0 Å². The maximum Gasteiger partial charge on any atom is 0.262 e. The summed E-state index contributed by atoms with van der Waals surface area (Å²) < 4.78 is 20.5. The van der Waals surface area contributed by atoms with E-state index in [0.717, 1.165) is 11.0 Å². The molecule has 4 aromatic rings. The molecular weight excluding hydrogens is 285 g/mol. The van der Waals surface area contributed by atoms with Gasteiger partial charge in [-0.15, -0.1) is 5.10 Å². The highest BCUT2D eigenvalue weighted by Crippen LogP contribution is 2.21. The number of fused-ring (bicyclic) bond motifs is 3. The molecule has 0 spiro atoms. The highest BCUT2D eigenvalue weighted by atomic mass is 19.1. The van der Waals surface area contributed by atoms with Gasteiger partial charge in [-0.05, 0) is 40.3 Å². The summed E-state index contributed by atoms with van der Waals surface area (Å²) in [6.07, 6.45) is 0. The second-order valence-corrected chi connectivity index (χ2v) is 4.74. The largest absolute Gasteiger partial charge is 0.470 e. The lowest BCUT2D eigenvalue weighted by Gasteiger charge is -2.07. The third-order valence-electron chi connectivity index (χ3n) is 3.26. The second-order valence-electron chi connectivity index (χ2n) is 4.74. The van der Waals surface area contributed by atoms with Gasteiger partial charge in [0.05, 0.1) is 11.0 Å². The summed E-state index contributed by atoms with van der Waals surface area (Å²) in [4.78, 5) is 4.43. The predicted octanol–water partition coefficient (Wildman–Crippen LogP) is 2.39. The molecule has 0 bridgehead atoms. The molecule has 4 rings (SSSR count). The number of tetrazole rings is 1. The number of benzene rings is 2. The number of nitrogens with zero attached hydrogens (tertiary/aromatic N) is 5. The molecule has 0 saturated heterocycles. The normalized spacial score (nSPS) is 11.1. The lowest BCUT2D eigenvalue weighted by atomic mass is 10.2. The van der Waals surface area contributed by atoms with Gasteiger partial charge in [-0.2, -0.15) is 4.52 Å². The summed E-state index contributed by atoms with van der Waals surface area (Å²) in [5, 5.41) is 11.6. The Morgan fingerprint density at radius 2 is 2.00 bits per heavy atom. The van der Waals surface area contributed by atoms with E-state index in [-0.39, 0.29) is 12.4 Å². The van der Waals surface area contributed by atoms with Crippen LogP contribution in [-0.4, -0.2) is 25.0 Å². The van der Waals surface area contributed by atoms with Crippen molar-refractivity contribution in [1.82, 2.24) is 25.0 Å². The number of hydrogen-bond donors (Lipinski definition) is 0. The zero-order valence-electron chi connectivity index (χ0n) is 11.3. The Labute approximate surface area is 124 Å². The number of halogens is 1. The van der Waals surface area contributed by atoms with E-state index >= 15 is 0 Å². The molecule has 0 N–H and O–H groups in total. The summed E-state index contributed by atoms with van der Waals surface area (Å²) in [7, 11) is 0. The Balaban J connectivity index is 1.75. The van der Waals surface area contributed by atoms with Crippen molar-refractivity contribution < 1.29 is 9.13 Å². The van der Waals surface area contributed by atoms with Crippen LogP contribution in [0.5, 0.6) is 5.88 Å². The zero-order chi connectivity index (χ0) is 14.9. The van der Waals surface area contributed by atoms with E-state index in [1.54, 1.807) is 16.6 Å². The van der Waals surface area contributed by atoms with E-state index in [0.29, 0.717) is 17.1 Å². The molecule has 108 valence electrons. The molecule has 0 fully saturated rings. The van der Waals surface area contributed by atoms with Crippen LogP contribution in [-0.2, 0) is 6.61 Å². The molecule has 2 aromatic carbocycles. The summed E-state index contributed by atoms with van der Waals surface area (Å²) in [6.45, 7) is 0.186. The molecule has 0 amide bonds. The van der Waals surface area contributed by atoms with E-state index in [9.17, 15) is 4.39 Å².